The fourth-order valence-electron chi connectivity index (χ4n) is 2.85. The Morgan fingerprint density at radius 1 is 1.27 bits per heavy atom. The van der Waals surface area contributed by atoms with Crippen LogP contribution >= 0.6 is 0 Å². The van der Waals surface area contributed by atoms with E-state index in [1.165, 1.54) is 45.2 Å². The maximum atomic E-state index is 6.30. The van der Waals surface area contributed by atoms with Crippen LogP contribution in [0.5, 0.6) is 0 Å². The second kappa shape index (κ2) is 5.83. The van der Waals surface area contributed by atoms with Gasteiger partial charge in [0, 0.05) is 19.3 Å². The molecule has 2 rings (SSSR count). The molecule has 15 heavy (non-hydrogen) atoms. The van der Waals surface area contributed by atoms with Gasteiger partial charge in [0.1, 0.15) is 0 Å². The third kappa shape index (κ3) is 3.44. The normalized spacial score (nSPS) is 31.4. The van der Waals surface area contributed by atoms with Crippen molar-refractivity contribution in [2.24, 2.45) is 17.6 Å². The summed E-state index contributed by atoms with van der Waals surface area (Å²) in [5, 5.41) is 3.46. The largest absolute Gasteiger partial charge is 0.381 e. The monoisotopic (exact) mass is 212 g/mol. The molecule has 0 bridgehead atoms. The molecule has 2 unspecified atom stereocenters. The van der Waals surface area contributed by atoms with E-state index in [-0.39, 0.29) is 0 Å². The molecule has 2 aliphatic heterocycles. The van der Waals surface area contributed by atoms with Gasteiger partial charge in [-0.25, -0.2) is 0 Å². The molecule has 0 aromatic heterocycles. The van der Waals surface area contributed by atoms with Crippen LogP contribution in [0.15, 0.2) is 0 Å². The summed E-state index contributed by atoms with van der Waals surface area (Å²) in [5.41, 5.74) is 6.30. The minimum absolute atomic E-state index is 0.402. The SMILES string of the molecule is NC(CC1CCCNC1)C1CCOCC1. The third-order valence-corrected chi connectivity index (χ3v) is 3.88. The van der Waals surface area contributed by atoms with Crippen molar-refractivity contribution in [1.82, 2.24) is 5.32 Å². The van der Waals surface area contributed by atoms with Gasteiger partial charge in [0.2, 0.25) is 0 Å². The Morgan fingerprint density at radius 2 is 2.07 bits per heavy atom. The van der Waals surface area contributed by atoms with Gasteiger partial charge in [-0.15, -0.1) is 0 Å². The van der Waals surface area contributed by atoms with E-state index < -0.39 is 0 Å². The van der Waals surface area contributed by atoms with E-state index in [0.29, 0.717) is 12.0 Å². The zero-order valence-corrected chi connectivity index (χ0v) is 9.58. The predicted molar refractivity (Wildman–Crippen MR) is 61.7 cm³/mol. The number of nitrogens with one attached hydrogen (secondary N) is 1. The molecule has 0 saturated carbocycles. The summed E-state index contributed by atoms with van der Waals surface area (Å²) >= 11 is 0. The van der Waals surface area contributed by atoms with Crippen molar-refractivity contribution < 1.29 is 4.74 Å². The van der Waals surface area contributed by atoms with E-state index in [1.54, 1.807) is 0 Å². The van der Waals surface area contributed by atoms with E-state index in [4.69, 9.17) is 10.5 Å². The summed E-state index contributed by atoms with van der Waals surface area (Å²) in [4.78, 5) is 0. The van der Waals surface area contributed by atoms with Gasteiger partial charge in [-0.3, -0.25) is 0 Å². The summed E-state index contributed by atoms with van der Waals surface area (Å²) in [6.07, 6.45) is 6.23. The molecule has 88 valence electrons. The Bertz CT molecular complexity index is 174. The van der Waals surface area contributed by atoms with Crippen molar-refractivity contribution in [2.45, 2.75) is 38.1 Å². The van der Waals surface area contributed by atoms with E-state index in [2.05, 4.69) is 5.32 Å². The third-order valence-electron chi connectivity index (χ3n) is 3.88. The first kappa shape index (κ1) is 11.4. The first-order valence-electron chi connectivity index (χ1n) is 6.40. The van der Waals surface area contributed by atoms with Gasteiger partial charge in [0.15, 0.2) is 0 Å². The Morgan fingerprint density at radius 3 is 2.73 bits per heavy atom. The molecule has 0 radical (unpaired) electrons. The van der Waals surface area contributed by atoms with Crippen LogP contribution in [0.4, 0.5) is 0 Å². The number of nitrogens with two attached hydrogens (primary N) is 1. The number of hydrogen-bond donors (Lipinski definition) is 2. The second-order valence-electron chi connectivity index (χ2n) is 5.06. The lowest BCUT2D eigenvalue weighted by atomic mass is 9.84. The Balaban J connectivity index is 1.72. The smallest absolute Gasteiger partial charge is 0.0469 e. The molecule has 0 spiro atoms. The second-order valence-corrected chi connectivity index (χ2v) is 5.06. The van der Waals surface area contributed by atoms with Gasteiger partial charge < -0.3 is 15.8 Å². The summed E-state index contributed by atoms with van der Waals surface area (Å²) < 4.78 is 5.37. The molecule has 3 N–H and O–H groups in total. The van der Waals surface area contributed by atoms with Gasteiger partial charge in [-0.1, -0.05) is 0 Å². The van der Waals surface area contributed by atoms with Gasteiger partial charge in [0.05, 0.1) is 0 Å². The predicted octanol–water partition coefficient (Wildman–Crippen LogP) is 1.13. The summed E-state index contributed by atoms with van der Waals surface area (Å²) in [7, 11) is 0. The maximum Gasteiger partial charge on any atom is 0.0469 e. The average molecular weight is 212 g/mol. The molecule has 2 atom stereocenters. The zero-order valence-electron chi connectivity index (χ0n) is 9.58. The number of piperidine rings is 1. The maximum absolute atomic E-state index is 6.30. The lowest BCUT2D eigenvalue weighted by Crippen LogP contribution is -2.39. The highest BCUT2D eigenvalue weighted by Gasteiger charge is 2.24. The average Bonchev–Trinajstić information content (AvgIpc) is 2.31. The summed E-state index contributed by atoms with van der Waals surface area (Å²) in [6, 6.07) is 0.402. The number of rotatable bonds is 3. The van der Waals surface area contributed by atoms with E-state index in [0.717, 1.165) is 19.1 Å². The molecule has 3 nitrogen and oxygen atoms in total. The van der Waals surface area contributed by atoms with Gasteiger partial charge in [-0.05, 0) is 57.0 Å². The van der Waals surface area contributed by atoms with Gasteiger partial charge >= 0.3 is 0 Å². The molecule has 3 heteroatoms. The lowest BCUT2D eigenvalue weighted by Gasteiger charge is -2.31. The van der Waals surface area contributed by atoms with Crippen LogP contribution in [0, 0.1) is 11.8 Å². The van der Waals surface area contributed by atoms with E-state index in [1.807, 2.05) is 0 Å². The standard InChI is InChI=1S/C12H24N2O/c13-12(11-3-6-15-7-4-11)8-10-2-1-5-14-9-10/h10-12,14H,1-9,13H2. The number of ether oxygens (including phenoxy) is 1. The number of hydrogen-bond acceptors (Lipinski definition) is 3. The zero-order chi connectivity index (χ0) is 10.5. The minimum Gasteiger partial charge on any atom is -0.381 e. The minimum atomic E-state index is 0.402. The van der Waals surface area contributed by atoms with Crippen LogP contribution in [-0.2, 0) is 4.74 Å². The topological polar surface area (TPSA) is 47.3 Å². The Kier molecular flexibility index (Phi) is 4.42. The first-order chi connectivity index (χ1) is 7.36. The molecular weight excluding hydrogens is 188 g/mol. The van der Waals surface area contributed by atoms with Crippen LogP contribution in [0.3, 0.4) is 0 Å². The summed E-state index contributed by atoms with van der Waals surface area (Å²) in [5.74, 6) is 1.53. The van der Waals surface area contributed by atoms with E-state index in [9.17, 15) is 0 Å². The highest BCUT2D eigenvalue weighted by atomic mass is 16.5. The van der Waals surface area contributed by atoms with Crippen molar-refractivity contribution in [3.63, 3.8) is 0 Å². The molecule has 2 fully saturated rings. The van der Waals surface area contributed by atoms with Crippen LogP contribution < -0.4 is 11.1 Å². The van der Waals surface area contributed by atoms with Crippen LogP contribution in [0.2, 0.25) is 0 Å². The molecule has 2 saturated heterocycles. The van der Waals surface area contributed by atoms with Crippen molar-refractivity contribution in [1.29, 1.82) is 0 Å². The fourth-order valence-corrected chi connectivity index (χ4v) is 2.85. The van der Waals surface area contributed by atoms with Crippen LogP contribution in [0.1, 0.15) is 32.1 Å². The molecule has 2 heterocycles. The fraction of sp³-hybridized carbons (Fsp3) is 1.00. The lowest BCUT2D eigenvalue weighted by molar-refractivity contribution is 0.0550. The van der Waals surface area contributed by atoms with Crippen LogP contribution in [-0.4, -0.2) is 32.3 Å². The molecule has 0 aliphatic carbocycles. The van der Waals surface area contributed by atoms with Crippen molar-refractivity contribution >= 4 is 0 Å². The first-order valence-corrected chi connectivity index (χ1v) is 6.40. The molecule has 2 aliphatic rings. The van der Waals surface area contributed by atoms with Gasteiger partial charge in [-0.2, -0.15) is 0 Å². The quantitative estimate of drug-likeness (QED) is 0.737. The molecule has 0 aromatic rings. The molecule has 0 aromatic carbocycles. The molecular formula is C12H24N2O. The van der Waals surface area contributed by atoms with Crippen molar-refractivity contribution in [3.8, 4) is 0 Å². The van der Waals surface area contributed by atoms with Crippen molar-refractivity contribution in [2.75, 3.05) is 26.3 Å². The Hall–Kier alpha value is -0.120. The Labute approximate surface area is 92.7 Å². The molecule has 0 amide bonds. The summed E-state index contributed by atoms with van der Waals surface area (Å²) in [6.45, 7) is 4.21. The van der Waals surface area contributed by atoms with Crippen LogP contribution in [0.25, 0.3) is 0 Å². The van der Waals surface area contributed by atoms with E-state index >= 15 is 0 Å². The highest BCUT2D eigenvalue weighted by Crippen LogP contribution is 2.24. The van der Waals surface area contributed by atoms with Gasteiger partial charge in [0.25, 0.3) is 0 Å². The van der Waals surface area contributed by atoms with Crippen molar-refractivity contribution in [3.05, 3.63) is 0 Å². The highest BCUT2D eigenvalue weighted by molar-refractivity contribution is 4.80.